The van der Waals surface area contributed by atoms with Gasteiger partial charge in [0.2, 0.25) is 0 Å². The Morgan fingerprint density at radius 1 is 1.56 bits per heavy atom. The maximum absolute atomic E-state index is 6.32. The standard InChI is InChI=1S/C13H18ClN3O/c1-4-17-12(13(14)9(2)16-17)7-11(15-3)10-5-6-18-8-10/h5-6,8,11,15H,4,7H2,1-3H3. The molecule has 5 heteroatoms. The topological polar surface area (TPSA) is 43.0 Å². The fraction of sp³-hybridized carbons (Fsp3) is 0.462. The summed E-state index contributed by atoms with van der Waals surface area (Å²) < 4.78 is 7.09. The van der Waals surface area contributed by atoms with Crippen LogP contribution in [0.4, 0.5) is 0 Å². The van der Waals surface area contributed by atoms with Crippen molar-refractivity contribution < 1.29 is 4.42 Å². The molecule has 1 atom stereocenters. The number of hydrogen-bond donors (Lipinski definition) is 1. The number of nitrogens with one attached hydrogen (secondary N) is 1. The molecule has 2 rings (SSSR count). The lowest BCUT2D eigenvalue weighted by Crippen LogP contribution is -2.20. The van der Waals surface area contributed by atoms with E-state index < -0.39 is 0 Å². The molecule has 0 aromatic carbocycles. The van der Waals surface area contributed by atoms with E-state index in [0.29, 0.717) is 0 Å². The summed E-state index contributed by atoms with van der Waals surface area (Å²) in [6.07, 6.45) is 4.24. The van der Waals surface area contributed by atoms with Crippen molar-refractivity contribution in [1.82, 2.24) is 15.1 Å². The molecule has 0 aliphatic rings. The van der Waals surface area contributed by atoms with E-state index in [2.05, 4.69) is 17.3 Å². The van der Waals surface area contributed by atoms with E-state index in [9.17, 15) is 0 Å². The van der Waals surface area contributed by atoms with Crippen LogP contribution in [0.3, 0.4) is 0 Å². The molecule has 4 nitrogen and oxygen atoms in total. The van der Waals surface area contributed by atoms with Gasteiger partial charge in [-0.3, -0.25) is 4.68 Å². The van der Waals surface area contributed by atoms with Crippen molar-refractivity contribution in [3.05, 3.63) is 40.6 Å². The summed E-state index contributed by atoms with van der Waals surface area (Å²) in [5, 5.41) is 8.48. The van der Waals surface area contributed by atoms with Crippen LogP contribution < -0.4 is 5.32 Å². The maximum atomic E-state index is 6.32. The van der Waals surface area contributed by atoms with E-state index in [1.807, 2.05) is 24.7 Å². The van der Waals surface area contributed by atoms with Gasteiger partial charge in [-0.15, -0.1) is 0 Å². The molecular weight excluding hydrogens is 250 g/mol. The van der Waals surface area contributed by atoms with Crippen LogP contribution in [-0.4, -0.2) is 16.8 Å². The first-order valence-corrected chi connectivity index (χ1v) is 6.46. The number of hydrogen-bond acceptors (Lipinski definition) is 3. The van der Waals surface area contributed by atoms with E-state index >= 15 is 0 Å². The molecule has 0 aliphatic heterocycles. The Labute approximate surface area is 112 Å². The van der Waals surface area contributed by atoms with Gasteiger partial charge < -0.3 is 9.73 Å². The van der Waals surface area contributed by atoms with Gasteiger partial charge in [-0.05, 0) is 27.0 Å². The number of aromatic nitrogens is 2. The Balaban J connectivity index is 2.27. The quantitative estimate of drug-likeness (QED) is 0.906. The lowest BCUT2D eigenvalue weighted by atomic mass is 10.1. The van der Waals surface area contributed by atoms with Crippen LogP contribution in [0.2, 0.25) is 5.02 Å². The van der Waals surface area contributed by atoms with E-state index in [0.717, 1.165) is 34.9 Å². The summed E-state index contributed by atoms with van der Waals surface area (Å²) in [5.74, 6) is 0. The Kier molecular flexibility index (Phi) is 4.09. The van der Waals surface area contributed by atoms with Crippen LogP contribution >= 0.6 is 11.6 Å². The lowest BCUT2D eigenvalue weighted by molar-refractivity contribution is 0.523. The summed E-state index contributed by atoms with van der Waals surface area (Å²) in [6.45, 7) is 4.83. The molecule has 0 fully saturated rings. The van der Waals surface area contributed by atoms with Gasteiger partial charge in [0.15, 0.2) is 0 Å². The van der Waals surface area contributed by atoms with Crippen LogP contribution in [-0.2, 0) is 13.0 Å². The zero-order chi connectivity index (χ0) is 13.1. The summed E-state index contributed by atoms with van der Waals surface area (Å²) in [7, 11) is 1.94. The molecular formula is C13H18ClN3O. The molecule has 2 aromatic heterocycles. The zero-order valence-corrected chi connectivity index (χ0v) is 11.7. The molecule has 18 heavy (non-hydrogen) atoms. The third kappa shape index (κ3) is 2.44. The van der Waals surface area contributed by atoms with Gasteiger partial charge in [-0.25, -0.2) is 0 Å². The third-order valence-corrected chi connectivity index (χ3v) is 3.64. The van der Waals surface area contributed by atoms with Gasteiger partial charge in [0, 0.05) is 24.6 Å². The van der Waals surface area contributed by atoms with Crippen molar-refractivity contribution in [1.29, 1.82) is 0 Å². The van der Waals surface area contributed by atoms with E-state index in [1.54, 1.807) is 12.5 Å². The maximum Gasteiger partial charge on any atom is 0.0950 e. The van der Waals surface area contributed by atoms with Crippen molar-refractivity contribution >= 4 is 11.6 Å². The molecule has 0 amide bonds. The van der Waals surface area contributed by atoms with Crippen LogP contribution in [0.1, 0.15) is 29.9 Å². The first-order chi connectivity index (χ1) is 8.67. The van der Waals surface area contributed by atoms with E-state index in [1.165, 1.54) is 0 Å². The fourth-order valence-corrected chi connectivity index (χ4v) is 2.33. The molecule has 0 saturated heterocycles. The average Bonchev–Trinajstić information content (AvgIpc) is 2.98. The van der Waals surface area contributed by atoms with E-state index in [4.69, 9.17) is 16.0 Å². The van der Waals surface area contributed by atoms with Crippen LogP contribution in [0.5, 0.6) is 0 Å². The van der Waals surface area contributed by atoms with Gasteiger partial charge in [-0.2, -0.15) is 5.10 Å². The predicted octanol–water partition coefficient (Wildman–Crippen LogP) is 2.96. The number of nitrogens with zero attached hydrogens (tertiary/aromatic N) is 2. The van der Waals surface area contributed by atoms with Crippen molar-refractivity contribution in [3.63, 3.8) is 0 Å². The Morgan fingerprint density at radius 3 is 2.89 bits per heavy atom. The number of aryl methyl sites for hydroxylation is 2. The monoisotopic (exact) mass is 267 g/mol. The van der Waals surface area contributed by atoms with Gasteiger partial charge in [0.05, 0.1) is 28.9 Å². The lowest BCUT2D eigenvalue weighted by Gasteiger charge is -2.15. The molecule has 0 saturated carbocycles. The van der Waals surface area contributed by atoms with Crippen LogP contribution in [0, 0.1) is 6.92 Å². The number of likely N-dealkylation sites (N-methyl/N-ethyl adjacent to an activating group) is 1. The third-order valence-electron chi connectivity index (χ3n) is 3.14. The second-order valence-corrected chi connectivity index (χ2v) is 4.64. The molecule has 98 valence electrons. The number of halogens is 1. The Morgan fingerprint density at radius 2 is 2.33 bits per heavy atom. The zero-order valence-electron chi connectivity index (χ0n) is 10.9. The molecule has 0 aliphatic carbocycles. The summed E-state index contributed by atoms with van der Waals surface area (Å²) >= 11 is 6.32. The summed E-state index contributed by atoms with van der Waals surface area (Å²) in [4.78, 5) is 0. The molecule has 1 N–H and O–H groups in total. The average molecular weight is 268 g/mol. The second-order valence-electron chi connectivity index (χ2n) is 4.26. The molecule has 2 heterocycles. The Hall–Kier alpha value is -1.26. The van der Waals surface area contributed by atoms with Gasteiger partial charge in [-0.1, -0.05) is 11.6 Å². The van der Waals surface area contributed by atoms with Gasteiger partial charge >= 0.3 is 0 Å². The first kappa shape index (κ1) is 13.2. The normalized spacial score (nSPS) is 12.9. The highest BCUT2D eigenvalue weighted by Crippen LogP contribution is 2.26. The largest absolute Gasteiger partial charge is 0.472 e. The molecule has 2 aromatic rings. The molecule has 0 radical (unpaired) electrons. The van der Waals surface area contributed by atoms with Crippen molar-refractivity contribution in [2.45, 2.75) is 32.9 Å². The highest BCUT2D eigenvalue weighted by molar-refractivity contribution is 6.31. The summed E-state index contributed by atoms with van der Waals surface area (Å²) in [6, 6.07) is 2.15. The highest BCUT2D eigenvalue weighted by atomic mass is 35.5. The van der Waals surface area contributed by atoms with Gasteiger partial charge in [0.1, 0.15) is 0 Å². The van der Waals surface area contributed by atoms with Crippen molar-refractivity contribution in [3.8, 4) is 0 Å². The van der Waals surface area contributed by atoms with Crippen molar-refractivity contribution in [2.75, 3.05) is 7.05 Å². The Bertz CT molecular complexity index is 505. The number of furan rings is 1. The minimum Gasteiger partial charge on any atom is -0.472 e. The minimum atomic E-state index is 0.183. The molecule has 1 unspecified atom stereocenters. The van der Waals surface area contributed by atoms with E-state index in [-0.39, 0.29) is 6.04 Å². The smallest absolute Gasteiger partial charge is 0.0950 e. The van der Waals surface area contributed by atoms with Gasteiger partial charge in [0.25, 0.3) is 0 Å². The summed E-state index contributed by atoms with van der Waals surface area (Å²) in [5.41, 5.74) is 3.07. The molecule has 0 bridgehead atoms. The van der Waals surface area contributed by atoms with Crippen LogP contribution in [0.25, 0.3) is 0 Å². The van der Waals surface area contributed by atoms with Crippen LogP contribution in [0.15, 0.2) is 23.0 Å². The van der Waals surface area contributed by atoms with Crippen molar-refractivity contribution in [2.24, 2.45) is 0 Å². The predicted molar refractivity (Wildman–Crippen MR) is 71.9 cm³/mol. The highest BCUT2D eigenvalue weighted by Gasteiger charge is 2.18. The SMILES string of the molecule is CCn1nc(C)c(Cl)c1CC(NC)c1ccoc1. The molecule has 0 spiro atoms. The second kappa shape index (κ2) is 5.59. The minimum absolute atomic E-state index is 0.183. The number of rotatable bonds is 5. The first-order valence-electron chi connectivity index (χ1n) is 6.08. The fourth-order valence-electron chi connectivity index (χ4n) is 2.12.